The number of nitrogens with zero attached hydrogens (tertiary/aromatic N) is 1. The lowest BCUT2D eigenvalue weighted by atomic mass is 10.2. The van der Waals surface area contributed by atoms with E-state index in [2.05, 4.69) is 4.98 Å². The zero-order valence-corrected chi connectivity index (χ0v) is 14.2. The van der Waals surface area contributed by atoms with Crippen LogP contribution in [0.15, 0.2) is 48.1 Å². The lowest BCUT2D eigenvalue weighted by molar-refractivity contribution is 0.0997. The first-order valence-electron chi connectivity index (χ1n) is 6.42. The van der Waals surface area contributed by atoms with Crippen molar-refractivity contribution in [3.63, 3.8) is 0 Å². The van der Waals surface area contributed by atoms with Gasteiger partial charge in [0, 0.05) is 17.4 Å². The van der Waals surface area contributed by atoms with Crippen LogP contribution in [0, 0.1) is 0 Å². The number of nitrogens with two attached hydrogens (primary N) is 1. The molecule has 3 N–H and O–H groups in total. The van der Waals surface area contributed by atoms with Crippen LogP contribution in [-0.2, 0) is 10.1 Å². The molecule has 0 fully saturated rings. The average molecular weight is 371 g/mol. The summed E-state index contributed by atoms with van der Waals surface area (Å²) in [4.78, 5) is 14.5. The average Bonchev–Trinajstić information content (AvgIpc) is 2.53. The van der Waals surface area contributed by atoms with Gasteiger partial charge in [0.05, 0.1) is 18.1 Å². The summed E-state index contributed by atoms with van der Waals surface area (Å²) in [5.74, 6) is -0.126. The molecule has 0 aliphatic rings. The van der Waals surface area contributed by atoms with Crippen LogP contribution in [0.25, 0.3) is 6.08 Å². The predicted molar refractivity (Wildman–Crippen MR) is 91.3 cm³/mol. The predicted octanol–water partition coefficient (Wildman–Crippen LogP) is 2.39. The minimum absolute atomic E-state index is 0.335. The van der Waals surface area contributed by atoms with E-state index < -0.39 is 16.0 Å². The summed E-state index contributed by atoms with van der Waals surface area (Å²) >= 11 is 5.67. The molecule has 0 bridgehead atoms. The summed E-state index contributed by atoms with van der Waals surface area (Å²) in [6.07, 6.45) is 4.33. The molecule has 1 aromatic heterocycles. The third kappa shape index (κ3) is 7.23. The normalized spacial score (nSPS) is 10.8. The van der Waals surface area contributed by atoms with Crippen molar-refractivity contribution in [1.82, 2.24) is 4.98 Å². The molecule has 0 spiro atoms. The molecule has 0 aliphatic carbocycles. The highest BCUT2D eigenvalue weighted by molar-refractivity contribution is 7.88. The van der Waals surface area contributed by atoms with Crippen molar-refractivity contribution in [3.8, 4) is 5.75 Å². The molecule has 1 heterocycles. The molecular formula is C15H15ClN2O5S. The lowest BCUT2D eigenvalue weighted by Gasteiger charge is -2.04. The highest BCUT2D eigenvalue weighted by Crippen LogP contribution is 2.22. The van der Waals surface area contributed by atoms with Crippen molar-refractivity contribution in [2.75, 3.05) is 7.11 Å². The van der Waals surface area contributed by atoms with Crippen LogP contribution in [0.2, 0.25) is 5.02 Å². The summed E-state index contributed by atoms with van der Waals surface area (Å²) in [5, 5.41) is 1.22. The Labute approximate surface area is 144 Å². The first-order valence-corrected chi connectivity index (χ1v) is 8.30. The summed E-state index contributed by atoms with van der Waals surface area (Å²) in [6, 6.07) is 8.01. The van der Waals surface area contributed by atoms with Crippen molar-refractivity contribution < 1.29 is 22.5 Å². The fraction of sp³-hybridized carbons (Fsp3) is 0.0667. The van der Waals surface area contributed by atoms with Crippen LogP contribution in [-0.4, -0.2) is 31.0 Å². The van der Waals surface area contributed by atoms with Crippen LogP contribution in [0.3, 0.4) is 0 Å². The van der Waals surface area contributed by atoms with Gasteiger partial charge in [0.15, 0.2) is 0 Å². The Morgan fingerprint density at radius 3 is 2.58 bits per heavy atom. The number of rotatable bonds is 4. The van der Waals surface area contributed by atoms with Gasteiger partial charge in [-0.3, -0.25) is 14.3 Å². The summed E-state index contributed by atoms with van der Waals surface area (Å²) in [6.45, 7) is 0. The zero-order chi connectivity index (χ0) is 18.2. The van der Waals surface area contributed by atoms with E-state index in [4.69, 9.17) is 26.6 Å². The fourth-order valence-electron chi connectivity index (χ4n) is 1.51. The lowest BCUT2D eigenvalue weighted by Crippen LogP contribution is -2.12. The van der Waals surface area contributed by atoms with E-state index in [9.17, 15) is 13.2 Å². The first-order chi connectivity index (χ1) is 11.2. The Hall–Kier alpha value is -2.42. The van der Waals surface area contributed by atoms with Crippen molar-refractivity contribution in [3.05, 3.63) is 64.3 Å². The summed E-state index contributed by atoms with van der Waals surface area (Å²) in [7, 11) is -2.57. The number of ether oxygens (including phenoxy) is 1. The quantitative estimate of drug-likeness (QED) is 0.797. The van der Waals surface area contributed by atoms with E-state index in [-0.39, 0.29) is 0 Å². The third-order valence-corrected chi connectivity index (χ3v) is 3.26. The number of amides is 1. The maximum absolute atomic E-state index is 10.8. The molecule has 1 amide bonds. The molecule has 0 unspecified atom stereocenters. The van der Waals surface area contributed by atoms with E-state index in [1.54, 1.807) is 30.5 Å². The smallest absolute Gasteiger partial charge is 0.287 e. The largest absolute Gasteiger partial charge is 0.496 e. The molecule has 0 radical (unpaired) electrons. The number of primary amides is 1. The molecule has 0 saturated heterocycles. The Balaban J connectivity index is 0.000000240. The van der Waals surface area contributed by atoms with Crippen molar-refractivity contribution in [2.24, 2.45) is 5.73 Å². The van der Waals surface area contributed by atoms with Gasteiger partial charge in [0.25, 0.3) is 16.0 Å². The number of carbonyl (C=O) groups is 1. The number of hydrogen-bond acceptors (Lipinski definition) is 5. The van der Waals surface area contributed by atoms with Gasteiger partial charge < -0.3 is 10.5 Å². The molecule has 24 heavy (non-hydrogen) atoms. The van der Waals surface area contributed by atoms with Crippen molar-refractivity contribution >= 4 is 33.7 Å². The van der Waals surface area contributed by atoms with Crippen molar-refractivity contribution in [1.29, 1.82) is 0 Å². The van der Waals surface area contributed by atoms with Gasteiger partial charge in [-0.1, -0.05) is 17.7 Å². The van der Waals surface area contributed by atoms with E-state index >= 15 is 0 Å². The van der Waals surface area contributed by atoms with Crippen LogP contribution in [0.1, 0.15) is 15.9 Å². The van der Waals surface area contributed by atoms with Crippen molar-refractivity contribution in [2.45, 2.75) is 0 Å². The molecule has 9 heteroatoms. The Morgan fingerprint density at radius 2 is 2.08 bits per heavy atom. The molecule has 7 nitrogen and oxygen atoms in total. The van der Waals surface area contributed by atoms with Crippen LogP contribution in [0.4, 0.5) is 0 Å². The van der Waals surface area contributed by atoms with Gasteiger partial charge in [-0.25, -0.2) is 0 Å². The Kier molecular flexibility index (Phi) is 7.37. The van der Waals surface area contributed by atoms with Gasteiger partial charge in [0.1, 0.15) is 5.75 Å². The summed E-state index contributed by atoms with van der Waals surface area (Å²) in [5.41, 5.74) is 6.03. The molecule has 0 saturated carbocycles. The van der Waals surface area contributed by atoms with Gasteiger partial charge in [-0.05, 0) is 35.9 Å². The number of aromatic nitrogens is 1. The number of carbonyl (C=O) groups excluding carboxylic acids is 1. The fourth-order valence-corrected chi connectivity index (χ4v) is 2.00. The van der Waals surface area contributed by atoms with Gasteiger partial charge in [0.2, 0.25) is 0 Å². The van der Waals surface area contributed by atoms with E-state index in [1.165, 1.54) is 25.4 Å². The van der Waals surface area contributed by atoms with Crippen LogP contribution >= 0.6 is 11.6 Å². The monoisotopic (exact) mass is 370 g/mol. The molecule has 1 aromatic carbocycles. The minimum Gasteiger partial charge on any atom is -0.496 e. The maximum atomic E-state index is 10.8. The summed E-state index contributed by atoms with van der Waals surface area (Å²) < 4.78 is 33.8. The maximum Gasteiger partial charge on any atom is 0.287 e. The molecule has 2 aromatic rings. The first kappa shape index (κ1) is 19.6. The highest BCUT2D eigenvalue weighted by Gasteiger charge is 2.07. The Morgan fingerprint density at radius 1 is 1.38 bits per heavy atom. The topological polar surface area (TPSA) is 120 Å². The number of halogens is 1. The van der Waals surface area contributed by atoms with Crippen LogP contribution < -0.4 is 10.5 Å². The number of benzene rings is 1. The van der Waals surface area contributed by atoms with Gasteiger partial charge in [-0.15, -0.1) is 0 Å². The SMILES string of the molecule is COc1cc(Cl)ccc1C(N)=O.O=S(=O)(O)/C=C/c1cccnc1. The zero-order valence-electron chi connectivity index (χ0n) is 12.6. The number of hydrogen-bond donors (Lipinski definition) is 2. The van der Waals surface area contributed by atoms with E-state index in [1.807, 2.05) is 0 Å². The highest BCUT2D eigenvalue weighted by atomic mass is 35.5. The second kappa shape index (κ2) is 9.02. The van der Waals surface area contributed by atoms with Gasteiger partial charge in [-0.2, -0.15) is 8.42 Å². The molecule has 128 valence electrons. The van der Waals surface area contributed by atoms with Crippen LogP contribution in [0.5, 0.6) is 5.75 Å². The second-order valence-electron chi connectivity index (χ2n) is 4.31. The second-order valence-corrected chi connectivity index (χ2v) is 6.05. The third-order valence-electron chi connectivity index (χ3n) is 2.55. The molecule has 0 aliphatic heterocycles. The molecule has 0 atom stereocenters. The van der Waals surface area contributed by atoms with E-state index in [0.29, 0.717) is 27.3 Å². The van der Waals surface area contributed by atoms with Gasteiger partial charge >= 0.3 is 0 Å². The number of pyridine rings is 1. The van der Waals surface area contributed by atoms with E-state index in [0.717, 1.165) is 0 Å². The standard InChI is InChI=1S/C8H8ClNO2.C7H7NO3S/c1-12-7-4-5(9)2-3-6(7)8(10)11;9-12(10,11)5-3-7-2-1-4-8-6-7/h2-4H,1H3,(H2,10,11);1-6H,(H,9,10,11)/b;5-3+. The molecular weight excluding hydrogens is 356 g/mol. The minimum atomic E-state index is -4.03. The number of methoxy groups -OCH3 is 1. The Bertz CT molecular complexity index is 823. The molecule has 2 rings (SSSR count).